The number of hydrogen-bond acceptors (Lipinski definition) is 15. The number of phosphoric acid groups is 2. The summed E-state index contributed by atoms with van der Waals surface area (Å²) in [5, 5.41) is 10.7. The predicted molar refractivity (Wildman–Crippen MR) is 454 cm³/mol. The summed E-state index contributed by atoms with van der Waals surface area (Å²) in [5.74, 6) is -2.42. The van der Waals surface area contributed by atoms with Gasteiger partial charge in [-0.25, -0.2) is 9.13 Å². The molecule has 0 rings (SSSR count). The van der Waals surface area contributed by atoms with Gasteiger partial charge in [0.05, 0.1) is 26.4 Å². The minimum Gasteiger partial charge on any atom is -0.462 e. The number of aliphatic hydroxyl groups excluding tert-OH is 1. The Bertz CT molecular complexity index is 3000. The summed E-state index contributed by atoms with van der Waals surface area (Å²) in [6.07, 6.45) is 103. The molecule has 0 fully saturated rings. The van der Waals surface area contributed by atoms with E-state index in [0.29, 0.717) is 38.5 Å². The molecule has 3 N–H and O–H groups in total. The lowest BCUT2D eigenvalue weighted by atomic mass is 10.1. The fraction of sp³-hybridized carbons (Fsp3) is 0.538. The molecule has 19 heteroatoms. The molecule has 0 saturated heterocycles. The van der Waals surface area contributed by atoms with Gasteiger partial charge < -0.3 is 33.8 Å². The van der Waals surface area contributed by atoms with Gasteiger partial charge in [-0.2, -0.15) is 0 Å². The van der Waals surface area contributed by atoms with E-state index in [4.69, 9.17) is 37.0 Å². The monoisotopic (exact) mass is 1570 g/mol. The number of allylic oxidation sites excluding steroid dienone is 38. The number of esters is 4. The zero-order valence-corrected chi connectivity index (χ0v) is 69.1. The molecule has 616 valence electrons. The van der Waals surface area contributed by atoms with Gasteiger partial charge in [0, 0.05) is 25.7 Å². The van der Waals surface area contributed by atoms with Gasteiger partial charge in [0.1, 0.15) is 19.3 Å². The summed E-state index contributed by atoms with van der Waals surface area (Å²) in [4.78, 5) is 73.1. The molecule has 0 radical (unpaired) electrons. The van der Waals surface area contributed by atoms with Crippen molar-refractivity contribution in [2.45, 2.75) is 277 Å². The van der Waals surface area contributed by atoms with Crippen LogP contribution in [0.1, 0.15) is 259 Å². The molecule has 0 aliphatic rings. The van der Waals surface area contributed by atoms with Gasteiger partial charge in [-0.3, -0.25) is 37.3 Å². The van der Waals surface area contributed by atoms with E-state index in [1.165, 1.54) is 0 Å². The lowest BCUT2D eigenvalue weighted by Crippen LogP contribution is -2.30. The molecule has 5 unspecified atom stereocenters. The molecule has 0 aromatic rings. The molecule has 0 spiro atoms. The van der Waals surface area contributed by atoms with E-state index in [-0.39, 0.29) is 25.7 Å². The second kappa shape index (κ2) is 80.2. The summed E-state index contributed by atoms with van der Waals surface area (Å²) in [5.41, 5.74) is 0. The first-order chi connectivity index (χ1) is 53.7. The fourth-order valence-corrected chi connectivity index (χ4v) is 11.2. The van der Waals surface area contributed by atoms with Crippen LogP contribution in [0.2, 0.25) is 0 Å². The van der Waals surface area contributed by atoms with Gasteiger partial charge in [-0.05, 0) is 186 Å². The van der Waals surface area contributed by atoms with Crippen LogP contribution in [0.25, 0.3) is 0 Å². The van der Waals surface area contributed by atoms with E-state index in [9.17, 15) is 43.2 Å². The van der Waals surface area contributed by atoms with Crippen molar-refractivity contribution in [2.24, 2.45) is 0 Å². The summed E-state index contributed by atoms with van der Waals surface area (Å²) >= 11 is 0. The van der Waals surface area contributed by atoms with Gasteiger partial charge in [-0.1, -0.05) is 278 Å². The minimum absolute atomic E-state index is 0.0150. The molecule has 0 aliphatic heterocycles. The molecule has 0 amide bonds. The first-order valence-electron chi connectivity index (χ1n) is 40.6. The molecular weight excluding hydrogens is 1430 g/mol. The molecule has 0 bridgehead atoms. The molecular formula is C91H140O17P2. The number of aliphatic hydroxyl groups is 1. The number of ether oxygens (including phenoxy) is 4. The highest BCUT2D eigenvalue weighted by molar-refractivity contribution is 7.47. The third-order valence-electron chi connectivity index (χ3n) is 15.6. The van der Waals surface area contributed by atoms with E-state index in [1.807, 2.05) is 24.3 Å². The van der Waals surface area contributed by atoms with Crippen LogP contribution in [0.15, 0.2) is 231 Å². The Morgan fingerprint density at radius 3 is 0.755 bits per heavy atom. The highest BCUT2D eigenvalue weighted by Crippen LogP contribution is 2.45. The fourth-order valence-electron chi connectivity index (χ4n) is 9.61. The summed E-state index contributed by atoms with van der Waals surface area (Å²) < 4.78 is 68.5. The first-order valence-corrected chi connectivity index (χ1v) is 43.6. The summed E-state index contributed by atoms with van der Waals surface area (Å²) in [6.45, 7) is 4.17. The number of carbonyl (C=O) groups excluding carboxylic acids is 4. The van der Waals surface area contributed by atoms with E-state index in [1.54, 1.807) is 0 Å². The largest absolute Gasteiger partial charge is 0.472 e. The van der Waals surface area contributed by atoms with Crippen molar-refractivity contribution in [1.29, 1.82) is 0 Å². The Kier molecular flexibility index (Phi) is 75.2. The lowest BCUT2D eigenvalue weighted by Gasteiger charge is -2.21. The molecule has 5 atom stereocenters. The third kappa shape index (κ3) is 79.2. The number of rotatable bonds is 73. The van der Waals surface area contributed by atoms with Crippen LogP contribution in [0.4, 0.5) is 0 Å². The van der Waals surface area contributed by atoms with Gasteiger partial charge in [0.25, 0.3) is 0 Å². The van der Waals surface area contributed by atoms with Crippen LogP contribution in [0.3, 0.4) is 0 Å². The zero-order valence-electron chi connectivity index (χ0n) is 67.3. The van der Waals surface area contributed by atoms with Crippen LogP contribution in [0, 0.1) is 0 Å². The molecule has 0 aromatic heterocycles. The second-order valence-corrected chi connectivity index (χ2v) is 28.7. The van der Waals surface area contributed by atoms with Crippen LogP contribution in [-0.2, 0) is 65.4 Å². The molecule has 110 heavy (non-hydrogen) atoms. The van der Waals surface area contributed by atoms with Gasteiger partial charge >= 0.3 is 39.5 Å². The number of hydrogen-bond donors (Lipinski definition) is 3. The van der Waals surface area contributed by atoms with E-state index in [2.05, 4.69) is 234 Å². The zero-order chi connectivity index (χ0) is 80.3. The average Bonchev–Trinajstić information content (AvgIpc) is 0.899. The molecule has 0 heterocycles. The van der Waals surface area contributed by atoms with Gasteiger partial charge in [-0.15, -0.1) is 0 Å². The average molecular weight is 1570 g/mol. The Balaban J connectivity index is 5.56. The highest BCUT2D eigenvalue weighted by atomic mass is 31.2. The normalized spacial score (nSPS) is 15.0. The van der Waals surface area contributed by atoms with Gasteiger partial charge in [0.2, 0.25) is 0 Å². The van der Waals surface area contributed by atoms with Crippen molar-refractivity contribution >= 4 is 39.5 Å². The number of phosphoric ester groups is 2. The standard InChI is InChI=1S/C91H140O17P2/c1-5-9-13-17-21-25-29-33-37-40-42-45-48-51-55-59-63-67-71-75-88(93)101-81-86(107-90(95)77-73-69-65-61-57-53-47-36-32-28-24-20-16-12-8-4)83-105-109(97,98)103-79-85(92)80-104-110(99,100)106-84-87(108-91(96)78-74-70-66-62-58-54-50-44-39-35-31-27-23-19-15-11-7-3)82-102-89(94)76-72-68-64-60-56-52-49-46-43-41-38-34-30-26-22-18-14-10-6-2/h9-16,21-28,33-39,42-43,45-47,50-52,54-57,61,63,67,85-87,92H,5-8,17-20,29-32,40-41,44,48-49,53,58-60,62,64-66,68-84H2,1-4H3,(H,97,98)(H,99,100)/b13-9-,14-10-,15-11-,16-12-,25-21-,26-22-,27-23-,28-24-,37-33-,38-34-,39-35-,45-42-,46-43-,47-36-,54-50-,55-51-,56-52-,61-57-,67-63-. The lowest BCUT2D eigenvalue weighted by molar-refractivity contribution is -0.161. The van der Waals surface area contributed by atoms with Crippen molar-refractivity contribution in [3.63, 3.8) is 0 Å². The van der Waals surface area contributed by atoms with Crippen molar-refractivity contribution in [1.82, 2.24) is 0 Å². The van der Waals surface area contributed by atoms with Gasteiger partial charge in [0.15, 0.2) is 12.2 Å². The van der Waals surface area contributed by atoms with Crippen LogP contribution in [0.5, 0.6) is 0 Å². The Morgan fingerprint density at radius 2 is 0.464 bits per heavy atom. The van der Waals surface area contributed by atoms with E-state index < -0.39 is 97.5 Å². The van der Waals surface area contributed by atoms with E-state index in [0.717, 1.165) is 167 Å². The smallest absolute Gasteiger partial charge is 0.462 e. The molecule has 0 saturated carbocycles. The topological polar surface area (TPSA) is 237 Å². The molecule has 0 aliphatic carbocycles. The van der Waals surface area contributed by atoms with Crippen LogP contribution >= 0.6 is 15.6 Å². The number of unbranched alkanes of at least 4 members (excludes halogenated alkanes) is 9. The van der Waals surface area contributed by atoms with Crippen LogP contribution in [-0.4, -0.2) is 96.7 Å². The highest BCUT2D eigenvalue weighted by Gasteiger charge is 2.30. The maximum Gasteiger partial charge on any atom is 0.472 e. The molecule has 17 nitrogen and oxygen atoms in total. The Labute approximate surface area is 664 Å². The summed E-state index contributed by atoms with van der Waals surface area (Å²) in [7, 11) is -10.0. The van der Waals surface area contributed by atoms with Crippen molar-refractivity contribution in [2.75, 3.05) is 39.6 Å². The van der Waals surface area contributed by atoms with Crippen molar-refractivity contribution in [3.05, 3.63) is 231 Å². The Morgan fingerprint density at radius 1 is 0.255 bits per heavy atom. The maximum absolute atomic E-state index is 13.1. The SMILES string of the molecule is CC/C=C\C/C=C\C/C=C\C/C=C\C/C=C\C/C=C\CCC(=O)OCC(COP(=O)(O)OCC(O)COP(=O)(O)OCC(COC(=O)CCCCC/C=C\C/C=C\C/C=C\C/C=C\C/C=C\CC)OC(=O)CCCCCC/C=C\C/C=C\C/C=C\C/C=C\CC)OC(=O)CCCC/C=C\C/C=C\C/C=C\C/C=C\CC. The second-order valence-electron chi connectivity index (χ2n) is 25.8. The minimum atomic E-state index is -5.03. The molecule has 0 aromatic carbocycles. The van der Waals surface area contributed by atoms with E-state index >= 15 is 0 Å². The van der Waals surface area contributed by atoms with Crippen LogP contribution < -0.4 is 0 Å². The van der Waals surface area contributed by atoms with Crippen molar-refractivity contribution in [3.8, 4) is 0 Å². The quantitative estimate of drug-likeness (QED) is 0.0169. The predicted octanol–water partition coefficient (Wildman–Crippen LogP) is 24.2. The Hall–Kier alpha value is -6.88. The first kappa shape index (κ1) is 103. The van der Waals surface area contributed by atoms with Crippen molar-refractivity contribution < 1.29 is 80.2 Å². The third-order valence-corrected chi connectivity index (χ3v) is 17.5. The maximum atomic E-state index is 13.1. The summed E-state index contributed by atoms with van der Waals surface area (Å²) in [6, 6.07) is 0. The number of carbonyl (C=O) groups is 4.